The third-order valence-corrected chi connectivity index (χ3v) is 5.31. The number of fused-ring (bicyclic) bond motifs is 1. The Balaban J connectivity index is 2.10. The van der Waals surface area contributed by atoms with Crippen molar-refractivity contribution in [1.29, 1.82) is 0 Å². The normalized spacial score (nSPS) is 46.6. The maximum absolute atomic E-state index is 2.50. The van der Waals surface area contributed by atoms with Crippen LogP contribution in [0.3, 0.4) is 0 Å². The van der Waals surface area contributed by atoms with Crippen molar-refractivity contribution < 1.29 is 0 Å². The van der Waals surface area contributed by atoms with E-state index in [1.807, 2.05) is 0 Å². The van der Waals surface area contributed by atoms with E-state index in [2.05, 4.69) is 27.7 Å². The van der Waals surface area contributed by atoms with E-state index in [1.165, 1.54) is 32.1 Å². The third kappa shape index (κ3) is 2.24. The molecule has 0 unspecified atom stereocenters. The van der Waals surface area contributed by atoms with Gasteiger partial charge in [-0.25, -0.2) is 0 Å². The van der Waals surface area contributed by atoms with E-state index >= 15 is 0 Å². The van der Waals surface area contributed by atoms with Crippen LogP contribution in [0.15, 0.2) is 0 Å². The van der Waals surface area contributed by atoms with Gasteiger partial charge in [0.05, 0.1) is 0 Å². The van der Waals surface area contributed by atoms with Crippen LogP contribution in [0.2, 0.25) is 0 Å². The molecule has 2 saturated carbocycles. The predicted octanol–water partition coefficient (Wildman–Crippen LogP) is 4.74. The summed E-state index contributed by atoms with van der Waals surface area (Å²) in [5.74, 6) is 6.10. The maximum atomic E-state index is 2.50. The van der Waals surface area contributed by atoms with Crippen molar-refractivity contribution in [3.05, 3.63) is 0 Å². The Morgan fingerprint density at radius 2 is 1.60 bits per heavy atom. The first-order chi connectivity index (χ1) is 7.09. The van der Waals surface area contributed by atoms with Crippen LogP contribution >= 0.6 is 0 Å². The molecule has 0 bridgehead atoms. The van der Waals surface area contributed by atoms with Gasteiger partial charge in [-0.3, -0.25) is 0 Å². The van der Waals surface area contributed by atoms with Crippen LogP contribution in [0.1, 0.15) is 59.8 Å². The zero-order valence-corrected chi connectivity index (χ0v) is 11.0. The van der Waals surface area contributed by atoms with Gasteiger partial charge in [0.15, 0.2) is 0 Å². The smallest absolute Gasteiger partial charge is 0.0350 e. The SMILES string of the molecule is CC(C)[C@H]1CC[C@H](C)[C@H]2CC[C@H](C)C[C@@H]21. The molecule has 0 spiro atoms. The van der Waals surface area contributed by atoms with Crippen LogP contribution in [0, 0.1) is 35.5 Å². The third-order valence-electron chi connectivity index (χ3n) is 5.31. The highest BCUT2D eigenvalue weighted by Crippen LogP contribution is 2.50. The summed E-state index contributed by atoms with van der Waals surface area (Å²) in [6.45, 7) is 9.85. The average Bonchev–Trinajstić information content (AvgIpc) is 2.17. The Bertz CT molecular complexity index is 202. The molecule has 0 aliphatic heterocycles. The van der Waals surface area contributed by atoms with E-state index in [0.717, 1.165) is 35.5 Å². The summed E-state index contributed by atoms with van der Waals surface area (Å²) in [6, 6.07) is 0. The molecule has 0 amide bonds. The van der Waals surface area contributed by atoms with Crippen molar-refractivity contribution in [2.75, 3.05) is 0 Å². The van der Waals surface area contributed by atoms with Gasteiger partial charge in [-0.2, -0.15) is 0 Å². The van der Waals surface area contributed by atoms with Gasteiger partial charge in [0.1, 0.15) is 0 Å². The molecule has 88 valence electrons. The van der Waals surface area contributed by atoms with Gasteiger partial charge < -0.3 is 0 Å². The summed E-state index contributed by atoms with van der Waals surface area (Å²) < 4.78 is 0. The van der Waals surface area contributed by atoms with Crippen LogP contribution in [0.4, 0.5) is 0 Å². The molecular formula is C15H28. The second kappa shape index (κ2) is 4.47. The fourth-order valence-corrected chi connectivity index (χ4v) is 4.36. The summed E-state index contributed by atoms with van der Waals surface area (Å²) >= 11 is 0. The molecule has 0 heteroatoms. The van der Waals surface area contributed by atoms with Crippen LogP contribution in [0.5, 0.6) is 0 Å². The first-order valence-electron chi connectivity index (χ1n) is 7.09. The summed E-state index contributed by atoms with van der Waals surface area (Å²) in [6.07, 6.45) is 7.55. The second-order valence-electron chi connectivity index (χ2n) is 6.71. The summed E-state index contributed by atoms with van der Waals surface area (Å²) in [5, 5.41) is 0. The molecule has 0 radical (unpaired) electrons. The Morgan fingerprint density at radius 3 is 2.27 bits per heavy atom. The molecular weight excluding hydrogens is 180 g/mol. The van der Waals surface area contributed by atoms with Crippen LogP contribution in [-0.2, 0) is 0 Å². The number of rotatable bonds is 1. The van der Waals surface area contributed by atoms with Gasteiger partial charge in [0.25, 0.3) is 0 Å². The molecule has 2 aliphatic rings. The minimum absolute atomic E-state index is 0.912. The number of hydrogen-bond donors (Lipinski definition) is 0. The quantitative estimate of drug-likeness (QED) is 0.584. The molecule has 0 nitrogen and oxygen atoms in total. The van der Waals surface area contributed by atoms with Gasteiger partial charge in [-0.15, -0.1) is 0 Å². The molecule has 2 aliphatic carbocycles. The van der Waals surface area contributed by atoms with E-state index in [4.69, 9.17) is 0 Å². The van der Waals surface area contributed by atoms with Crippen LogP contribution in [-0.4, -0.2) is 0 Å². The van der Waals surface area contributed by atoms with E-state index in [1.54, 1.807) is 0 Å². The van der Waals surface area contributed by atoms with Crippen molar-refractivity contribution in [2.24, 2.45) is 35.5 Å². The van der Waals surface area contributed by atoms with E-state index in [-0.39, 0.29) is 0 Å². The Hall–Kier alpha value is 0. The molecule has 0 aromatic carbocycles. The zero-order chi connectivity index (χ0) is 11.0. The topological polar surface area (TPSA) is 0 Å². The van der Waals surface area contributed by atoms with Gasteiger partial charge in [0, 0.05) is 0 Å². The van der Waals surface area contributed by atoms with Crippen molar-refractivity contribution in [1.82, 2.24) is 0 Å². The Morgan fingerprint density at radius 1 is 0.867 bits per heavy atom. The monoisotopic (exact) mass is 208 g/mol. The highest BCUT2D eigenvalue weighted by molar-refractivity contribution is 4.90. The van der Waals surface area contributed by atoms with Gasteiger partial charge in [-0.05, 0) is 54.8 Å². The van der Waals surface area contributed by atoms with E-state index in [9.17, 15) is 0 Å². The highest BCUT2D eigenvalue weighted by Gasteiger charge is 2.41. The van der Waals surface area contributed by atoms with Gasteiger partial charge in [0.2, 0.25) is 0 Å². The second-order valence-corrected chi connectivity index (χ2v) is 6.71. The molecule has 0 aromatic rings. The minimum atomic E-state index is 0.912. The predicted molar refractivity (Wildman–Crippen MR) is 66.7 cm³/mol. The van der Waals surface area contributed by atoms with Crippen LogP contribution < -0.4 is 0 Å². The molecule has 2 fully saturated rings. The van der Waals surface area contributed by atoms with Gasteiger partial charge in [-0.1, -0.05) is 40.5 Å². The molecule has 0 N–H and O–H groups in total. The standard InChI is InChI=1S/C15H28/c1-10(2)13-8-6-12(4)14-7-5-11(3)9-15(13)14/h10-15H,5-9H2,1-4H3/t11-,12-,13+,14+,15+/m0/s1. The lowest BCUT2D eigenvalue weighted by atomic mass is 9.57. The van der Waals surface area contributed by atoms with Crippen molar-refractivity contribution in [3.8, 4) is 0 Å². The molecule has 0 heterocycles. The van der Waals surface area contributed by atoms with Crippen molar-refractivity contribution in [3.63, 3.8) is 0 Å². The number of hydrogen-bond acceptors (Lipinski definition) is 0. The Labute approximate surface area is 95.8 Å². The molecule has 2 rings (SSSR count). The largest absolute Gasteiger partial charge is 0.0625 e. The molecule has 15 heavy (non-hydrogen) atoms. The first kappa shape index (κ1) is 11.5. The average molecular weight is 208 g/mol. The lowest BCUT2D eigenvalue weighted by Gasteiger charge is -2.48. The van der Waals surface area contributed by atoms with Gasteiger partial charge >= 0.3 is 0 Å². The fraction of sp³-hybridized carbons (Fsp3) is 1.00. The first-order valence-corrected chi connectivity index (χ1v) is 7.09. The Kier molecular flexibility index (Phi) is 3.42. The highest BCUT2D eigenvalue weighted by atomic mass is 14.5. The summed E-state index contributed by atoms with van der Waals surface area (Å²) in [4.78, 5) is 0. The van der Waals surface area contributed by atoms with Crippen LogP contribution in [0.25, 0.3) is 0 Å². The van der Waals surface area contributed by atoms with E-state index in [0.29, 0.717) is 0 Å². The van der Waals surface area contributed by atoms with Crippen molar-refractivity contribution in [2.45, 2.75) is 59.8 Å². The molecule has 5 atom stereocenters. The lowest BCUT2D eigenvalue weighted by molar-refractivity contribution is 0.0182. The lowest BCUT2D eigenvalue weighted by Crippen LogP contribution is -2.39. The zero-order valence-electron chi connectivity index (χ0n) is 11.0. The fourth-order valence-electron chi connectivity index (χ4n) is 4.36. The van der Waals surface area contributed by atoms with E-state index < -0.39 is 0 Å². The summed E-state index contributed by atoms with van der Waals surface area (Å²) in [5.41, 5.74) is 0. The molecule has 0 aromatic heterocycles. The minimum Gasteiger partial charge on any atom is -0.0625 e. The molecule has 0 saturated heterocycles. The maximum Gasteiger partial charge on any atom is -0.0350 e. The van der Waals surface area contributed by atoms with Crippen molar-refractivity contribution >= 4 is 0 Å². The summed E-state index contributed by atoms with van der Waals surface area (Å²) in [7, 11) is 0.